The summed E-state index contributed by atoms with van der Waals surface area (Å²) in [6.45, 7) is 5.35. The van der Waals surface area contributed by atoms with Crippen LogP contribution in [-0.2, 0) is 34.3 Å². The number of carbonyl (C=O) groups excluding carboxylic acids is 1. The van der Waals surface area contributed by atoms with Gasteiger partial charge in [0.05, 0.1) is 10.6 Å². The van der Waals surface area contributed by atoms with Crippen LogP contribution >= 0.6 is 0 Å². The highest BCUT2D eigenvalue weighted by Crippen LogP contribution is 2.24. The summed E-state index contributed by atoms with van der Waals surface area (Å²) < 4.78 is 28.0. The fourth-order valence-electron chi connectivity index (χ4n) is 4.28. The number of benzene rings is 3. The minimum atomic E-state index is -3.90. The van der Waals surface area contributed by atoms with Crippen molar-refractivity contribution in [3.63, 3.8) is 0 Å². The van der Waals surface area contributed by atoms with Crippen molar-refractivity contribution in [2.24, 2.45) is 0 Å². The van der Waals surface area contributed by atoms with E-state index >= 15 is 0 Å². The lowest BCUT2D eigenvalue weighted by Gasteiger charge is -2.24. The van der Waals surface area contributed by atoms with Gasteiger partial charge in [0.25, 0.3) is 10.0 Å². The summed E-state index contributed by atoms with van der Waals surface area (Å²) in [5, 5.41) is 2.88. The topological polar surface area (TPSA) is 69.7 Å². The monoisotopic (exact) mass is 491 g/mol. The molecule has 1 N–H and O–H groups in total. The molecule has 6 nitrogen and oxygen atoms in total. The van der Waals surface area contributed by atoms with Gasteiger partial charge in [-0.2, -0.15) is 0 Å². The van der Waals surface area contributed by atoms with Crippen molar-refractivity contribution in [1.29, 1.82) is 0 Å². The lowest BCUT2D eigenvalue weighted by molar-refractivity contribution is -0.119. The normalized spacial score (nSPS) is 14.1. The SMILES string of the molecule is CCc1ccc(N(CC(=O)NCc2ccc(CN3CCCC3)cc2)S(=O)(=O)c2ccccc2)cc1. The first-order chi connectivity index (χ1) is 17.0. The molecule has 0 unspecified atom stereocenters. The lowest BCUT2D eigenvalue weighted by Crippen LogP contribution is -2.40. The smallest absolute Gasteiger partial charge is 0.264 e. The number of amides is 1. The Morgan fingerprint density at radius 1 is 0.857 bits per heavy atom. The molecule has 1 saturated heterocycles. The van der Waals surface area contributed by atoms with Crippen molar-refractivity contribution >= 4 is 21.6 Å². The molecule has 0 bridgehead atoms. The molecule has 7 heteroatoms. The van der Waals surface area contributed by atoms with Crippen molar-refractivity contribution in [3.05, 3.63) is 95.6 Å². The van der Waals surface area contributed by atoms with Gasteiger partial charge >= 0.3 is 0 Å². The molecule has 3 aromatic rings. The summed E-state index contributed by atoms with van der Waals surface area (Å²) >= 11 is 0. The van der Waals surface area contributed by atoms with Crippen LogP contribution in [0.3, 0.4) is 0 Å². The third-order valence-electron chi connectivity index (χ3n) is 6.37. The van der Waals surface area contributed by atoms with Crippen LogP contribution in [-0.4, -0.2) is 38.9 Å². The highest BCUT2D eigenvalue weighted by molar-refractivity contribution is 7.92. The number of hydrogen-bond donors (Lipinski definition) is 1. The van der Waals surface area contributed by atoms with E-state index in [1.807, 2.05) is 31.2 Å². The molecular weight excluding hydrogens is 458 g/mol. The molecule has 1 aliphatic heterocycles. The number of nitrogens with one attached hydrogen (secondary N) is 1. The van der Waals surface area contributed by atoms with Gasteiger partial charge in [-0.15, -0.1) is 0 Å². The second-order valence-electron chi connectivity index (χ2n) is 8.92. The summed E-state index contributed by atoms with van der Waals surface area (Å²) in [5.74, 6) is -0.356. The zero-order valence-electron chi connectivity index (χ0n) is 20.2. The van der Waals surface area contributed by atoms with Gasteiger partial charge in [0.15, 0.2) is 0 Å². The van der Waals surface area contributed by atoms with Gasteiger partial charge in [0, 0.05) is 13.1 Å². The van der Waals surface area contributed by atoms with E-state index in [9.17, 15) is 13.2 Å². The molecule has 0 radical (unpaired) electrons. The van der Waals surface area contributed by atoms with E-state index in [2.05, 4.69) is 22.3 Å². The maximum atomic E-state index is 13.4. The van der Waals surface area contributed by atoms with E-state index in [1.165, 1.54) is 22.7 Å². The number of carbonyl (C=O) groups is 1. The third kappa shape index (κ3) is 6.50. The van der Waals surface area contributed by atoms with Crippen LogP contribution < -0.4 is 9.62 Å². The van der Waals surface area contributed by atoms with E-state index in [-0.39, 0.29) is 17.3 Å². The molecule has 0 spiro atoms. The Morgan fingerprint density at radius 2 is 1.46 bits per heavy atom. The maximum Gasteiger partial charge on any atom is 0.264 e. The minimum Gasteiger partial charge on any atom is -0.350 e. The Balaban J connectivity index is 1.44. The van der Waals surface area contributed by atoms with E-state index in [0.717, 1.165) is 37.2 Å². The Morgan fingerprint density at radius 3 is 2.09 bits per heavy atom. The first-order valence-corrected chi connectivity index (χ1v) is 13.6. The van der Waals surface area contributed by atoms with Crippen molar-refractivity contribution < 1.29 is 13.2 Å². The number of rotatable bonds is 10. The van der Waals surface area contributed by atoms with Crippen LogP contribution in [0.1, 0.15) is 36.5 Å². The number of aryl methyl sites for hydroxylation is 1. The summed E-state index contributed by atoms with van der Waals surface area (Å²) in [6, 6.07) is 23.8. The number of anilines is 1. The highest BCUT2D eigenvalue weighted by atomic mass is 32.2. The molecule has 184 valence electrons. The molecule has 1 fully saturated rings. The molecule has 1 amide bonds. The van der Waals surface area contributed by atoms with Gasteiger partial charge in [-0.1, -0.05) is 61.5 Å². The van der Waals surface area contributed by atoms with Crippen LogP contribution in [0.4, 0.5) is 5.69 Å². The van der Waals surface area contributed by atoms with Crippen molar-refractivity contribution in [2.75, 3.05) is 23.9 Å². The van der Waals surface area contributed by atoms with Crippen molar-refractivity contribution in [2.45, 2.75) is 44.2 Å². The summed E-state index contributed by atoms with van der Waals surface area (Å²) in [7, 11) is -3.90. The van der Waals surface area contributed by atoms with Crippen molar-refractivity contribution in [3.8, 4) is 0 Å². The maximum absolute atomic E-state index is 13.4. The predicted octanol–water partition coefficient (Wildman–Crippen LogP) is 4.36. The van der Waals surface area contributed by atoms with Crippen LogP contribution in [0.15, 0.2) is 83.8 Å². The van der Waals surface area contributed by atoms with Gasteiger partial charge in [-0.25, -0.2) is 8.42 Å². The lowest BCUT2D eigenvalue weighted by atomic mass is 10.1. The van der Waals surface area contributed by atoms with Crippen LogP contribution in [0.25, 0.3) is 0 Å². The molecule has 0 saturated carbocycles. The standard InChI is InChI=1S/C28H33N3O3S/c1-2-23-14-16-26(17-15-23)31(35(33,34)27-8-4-3-5-9-27)22-28(32)29-20-24-10-12-25(13-11-24)21-30-18-6-7-19-30/h3-5,8-17H,2,6-7,18-22H2,1H3,(H,29,32). The Bertz CT molecular complexity index is 1200. The fourth-order valence-corrected chi connectivity index (χ4v) is 5.72. The molecule has 35 heavy (non-hydrogen) atoms. The van der Waals surface area contributed by atoms with E-state index < -0.39 is 10.0 Å². The van der Waals surface area contributed by atoms with Gasteiger partial charge in [0.2, 0.25) is 5.91 Å². The van der Waals surface area contributed by atoms with E-state index in [4.69, 9.17) is 0 Å². The van der Waals surface area contributed by atoms with E-state index in [0.29, 0.717) is 12.2 Å². The summed E-state index contributed by atoms with van der Waals surface area (Å²) in [6.07, 6.45) is 3.39. The third-order valence-corrected chi connectivity index (χ3v) is 8.16. The summed E-state index contributed by atoms with van der Waals surface area (Å²) in [5.41, 5.74) is 3.81. The Kier molecular flexibility index (Phi) is 8.21. The number of likely N-dealkylation sites (tertiary alicyclic amines) is 1. The van der Waals surface area contributed by atoms with E-state index in [1.54, 1.807) is 42.5 Å². The quantitative estimate of drug-likeness (QED) is 0.458. The zero-order valence-corrected chi connectivity index (χ0v) is 21.0. The number of nitrogens with zero attached hydrogens (tertiary/aromatic N) is 2. The zero-order chi connectivity index (χ0) is 24.7. The van der Waals surface area contributed by atoms with Gasteiger partial charge in [0.1, 0.15) is 6.54 Å². The first-order valence-electron chi connectivity index (χ1n) is 12.2. The van der Waals surface area contributed by atoms with Gasteiger partial charge in [-0.05, 0) is 73.3 Å². The fraction of sp³-hybridized carbons (Fsp3) is 0.321. The highest BCUT2D eigenvalue weighted by Gasteiger charge is 2.27. The van der Waals surface area contributed by atoms with Crippen LogP contribution in [0.5, 0.6) is 0 Å². The average Bonchev–Trinajstić information content (AvgIpc) is 3.40. The Hall–Kier alpha value is -3.16. The second-order valence-corrected chi connectivity index (χ2v) is 10.8. The molecule has 3 aromatic carbocycles. The molecule has 0 atom stereocenters. The molecule has 0 aromatic heterocycles. The number of sulfonamides is 1. The minimum absolute atomic E-state index is 0.154. The largest absolute Gasteiger partial charge is 0.350 e. The number of hydrogen-bond acceptors (Lipinski definition) is 4. The molecule has 1 aliphatic rings. The first kappa shape index (κ1) is 24.9. The Labute approximate surface area is 208 Å². The van der Waals surface area contributed by atoms with Gasteiger partial charge in [-0.3, -0.25) is 14.0 Å². The molecular formula is C28H33N3O3S. The molecule has 1 heterocycles. The molecule has 4 rings (SSSR count). The van der Waals surface area contributed by atoms with Crippen molar-refractivity contribution in [1.82, 2.24) is 10.2 Å². The predicted molar refractivity (Wildman–Crippen MR) is 140 cm³/mol. The average molecular weight is 492 g/mol. The van der Waals surface area contributed by atoms with Crippen LogP contribution in [0.2, 0.25) is 0 Å². The second kappa shape index (κ2) is 11.5. The van der Waals surface area contributed by atoms with Crippen LogP contribution in [0, 0.1) is 0 Å². The van der Waals surface area contributed by atoms with Gasteiger partial charge < -0.3 is 5.32 Å². The molecule has 0 aliphatic carbocycles. The summed E-state index contributed by atoms with van der Waals surface area (Å²) in [4.78, 5) is 15.5.